The van der Waals surface area contributed by atoms with E-state index in [0.29, 0.717) is 12.1 Å². The van der Waals surface area contributed by atoms with Crippen LogP contribution in [0.3, 0.4) is 0 Å². The minimum Gasteiger partial charge on any atom is -0.342 e. The number of carbonyl (C=O) groups is 1. The van der Waals surface area contributed by atoms with Crippen LogP contribution in [0.5, 0.6) is 0 Å². The molecule has 0 radical (unpaired) electrons. The number of nitrogens with one attached hydrogen (secondary N) is 1. The maximum Gasteiger partial charge on any atom is 0.256 e. The normalized spacial score (nSPS) is 10.8. The van der Waals surface area contributed by atoms with Crippen LogP contribution in [0.2, 0.25) is 0 Å². The fraction of sp³-hybridized carbons (Fsp3) is 0.176. The van der Waals surface area contributed by atoms with Gasteiger partial charge in [0.15, 0.2) is 0 Å². The Hall–Kier alpha value is -2.62. The lowest BCUT2D eigenvalue weighted by atomic mass is 10.1. The second-order valence-electron chi connectivity index (χ2n) is 5.17. The SMILES string of the molecule is Cc1nc2c(C(=O)N(C)Cc3ccccc3)cccc2[nH]1. The van der Waals surface area contributed by atoms with E-state index in [2.05, 4.69) is 9.97 Å². The van der Waals surface area contributed by atoms with E-state index in [4.69, 9.17) is 0 Å². The number of fused-ring (bicyclic) bond motifs is 1. The van der Waals surface area contributed by atoms with Crippen molar-refractivity contribution in [2.75, 3.05) is 7.05 Å². The molecule has 1 aromatic heterocycles. The molecule has 0 aliphatic heterocycles. The fourth-order valence-electron chi connectivity index (χ4n) is 2.46. The quantitative estimate of drug-likeness (QED) is 0.800. The lowest BCUT2D eigenvalue weighted by Crippen LogP contribution is -2.26. The maximum atomic E-state index is 12.6. The van der Waals surface area contributed by atoms with Gasteiger partial charge in [0.05, 0.1) is 11.1 Å². The van der Waals surface area contributed by atoms with Gasteiger partial charge in [0.2, 0.25) is 0 Å². The summed E-state index contributed by atoms with van der Waals surface area (Å²) in [5, 5.41) is 0. The number of aromatic amines is 1. The van der Waals surface area contributed by atoms with E-state index in [1.165, 1.54) is 0 Å². The molecule has 3 aromatic rings. The first kappa shape index (κ1) is 13.4. The van der Waals surface area contributed by atoms with Gasteiger partial charge in [0, 0.05) is 13.6 Å². The number of benzene rings is 2. The van der Waals surface area contributed by atoms with Gasteiger partial charge in [-0.25, -0.2) is 4.98 Å². The van der Waals surface area contributed by atoms with Gasteiger partial charge in [-0.1, -0.05) is 36.4 Å². The van der Waals surface area contributed by atoms with E-state index in [1.807, 2.05) is 62.5 Å². The van der Waals surface area contributed by atoms with Gasteiger partial charge in [0.25, 0.3) is 5.91 Å². The Kier molecular flexibility index (Phi) is 3.44. The highest BCUT2D eigenvalue weighted by molar-refractivity contribution is 6.04. The number of nitrogens with zero attached hydrogens (tertiary/aromatic N) is 2. The fourth-order valence-corrected chi connectivity index (χ4v) is 2.46. The number of aromatic nitrogens is 2. The predicted octanol–water partition coefficient (Wildman–Crippen LogP) is 3.14. The molecular formula is C17H17N3O. The Labute approximate surface area is 123 Å². The summed E-state index contributed by atoms with van der Waals surface area (Å²) in [5.74, 6) is 0.798. The topological polar surface area (TPSA) is 49.0 Å². The Morgan fingerprint density at radius 1 is 1.14 bits per heavy atom. The second kappa shape index (κ2) is 5.40. The summed E-state index contributed by atoms with van der Waals surface area (Å²) in [6.45, 7) is 2.47. The highest BCUT2D eigenvalue weighted by Crippen LogP contribution is 2.18. The summed E-state index contributed by atoms with van der Waals surface area (Å²) >= 11 is 0. The minimum absolute atomic E-state index is 0.0176. The zero-order valence-electron chi connectivity index (χ0n) is 12.1. The first-order chi connectivity index (χ1) is 10.1. The van der Waals surface area contributed by atoms with Gasteiger partial charge in [0.1, 0.15) is 11.3 Å². The van der Waals surface area contributed by atoms with Crippen LogP contribution in [0.25, 0.3) is 11.0 Å². The number of hydrogen-bond acceptors (Lipinski definition) is 2. The molecule has 4 heteroatoms. The van der Waals surface area contributed by atoms with Crippen molar-refractivity contribution >= 4 is 16.9 Å². The number of aryl methyl sites for hydroxylation is 1. The molecule has 0 unspecified atom stereocenters. The van der Waals surface area contributed by atoms with Crippen molar-refractivity contribution in [1.29, 1.82) is 0 Å². The lowest BCUT2D eigenvalue weighted by molar-refractivity contribution is 0.0787. The van der Waals surface area contributed by atoms with Crippen LogP contribution >= 0.6 is 0 Å². The molecule has 0 aliphatic carbocycles. The van der Waals surface area contributed by atoms with Gasteiger partial charge in [-0.2, -0.15) is 0 Å². The molecule has 4 nitrogen and oxygen atoms in total. The predicted molar refractivity (Wildman–Crippen MR) is 83.1 cm³/mol. The van der Waals surface area contributed by atoms with Crippen LogP contribution in [0.1, 0.15) is 21.7 Å². The van der Waals surface area contributed by atoms with Crippen LogP contribution in [-0.2, 0) is 6.54 Å². The van der Waals surface area contributed by atoms with Crippen molar-refractivity contribution in [3.63, 3.8) is 0 Å². The Morgan fingerprint density at radius 2 is 1.90 bits per heavy atom. The van der Waals surface area contributed by atoms with E-state index in [9.17, 15) is 4.79 Å². The highest BCUT2D eigenvalue weighted by atomic mass is 16.2. The Morgan fingerprint density at radius 3 is 2.67 bits per heavy atom. The average Bonchev–Trinajstić information content (AvgIpc) is 2.87. The van der Waals surface area contributed by atoms with E-state index in [0.717, 1.165) is 22.4 Å². The summed E-state index contributed by atoms with van der Waals surface area (Å²) in [6, 6.07) is 15.6. The molecule has 2 aromatic carbocycles. The molecule has 0 bridgehead atoms. The number of amides is 1. The van der Waals surface area contributed by atoms with E-state index >= 15 is 0 Å². The summed E-state index contributed by atoms with van der Waals surface area (Å²) < 4.78 is 0. The van der Waals surface area contributed by atoms with Crippen molar-refractivity contribution in [2.24, 2.45) is 0 Å². The molecule has 1 heterocycles. The maximum absolute atomic E-state index is 12.6. The van der Waals surface area contributed by atoms with E-state index in [1.54, 1.807) is 4.90 Å². The van der Waals surface area contributed by atoms with Crippen molar-refractivity contribution in [3.8, 4) is 0 Å². The third-order valence-electron chi connectivity index (χ3n) is 3.47. The van der Waals surface area contributed by atoms with Crippen LogP contribution < -0.4 is 0 Å². The number of H-pyrrole nitrogens is 1. The third-order valence-corrected chi connectivity index (χ3v) is 3.47. The molecule has 0 aliphatic rings. The van der Waals surface area contributed by atoms with E-state index < -0.39 is 0 Å². The summed E-state index contributed by atoms with van der Waals surface area (Å²) in [7, 11) is 1.81. The van der Waals surface area contributed by atoms with Crippen molar-refractivity contribution in [2.45, 2.75) is 13.5 Å². The first-order valence-corrected chi connectivity index (χ1v) is 6.90. The Balaban J connectivity index is 1.89. The molecule has 1 N–H and O–H groups in total. The van der Waals surface area contributed by atoms with Crippen LogP contribution in [0.15, 0.2) is 48.5 Å². The van der Waals surface area contributed by atoms with Gasteiger partial charge >= 0.3 is 0 Å². The summed E-state index contributed by atoms with van der Waals surface area (Å²) in [4.78, 5) is 21.9. The monoisotopic (exact) mass is 279 g/mol. The number of rotatable bonds is 3. The number of carbonyl (C=O) groups excluding carboxylic acids is 1. The molecule has 3 rings (SSSR count). The molecular weight excluding hydrogens is 262 g/mol. The van der Waals surface area contributed by atoms with Gasteiger partial charge < -0.3 is 9.88 Å². The third kappa shape index (κ3) is 2.65. The van der Waals surface area contributed by atoms with Crippen LogP contribution in [0.4, 0.5) is 0 Å². The molecule has 0 spiro atoms. The van der Waals surface area contributed by atoms with Crippen LogP contribution in [-0.4, -0.2) is 27.8 Å². The lowest BCUT2D eigenvalue weighted by Gasteiger charge is -2.17. The molecule has 21 heavy (non-hydrogen) atoms. The molecule has 106 valence electrons. The van der Waals surface area contributed by atoms with E-state index in [-0.39, 0.29) is 5.91 Å². The standard InChI is InChI=1S/C17H17N3O/c1-12-18-15-10-6-9-14(16(15)19-12)17(21)20(2)11-13-7-4-3-5-8-13/h3-10H,11H2,1-2H3,(H,18,19). The number of para-hydroxylation sites is 1. The zero-order chi connectivity index (χ0) is 14.8. The van der Waals surface area contributed by atoms with Gasteiger partial charge in [-0.15, -0.1) is 0 Å². The Bertz CT molecular complexity index is 777. The molecule has 0 fully saturated rings. The van der Waals surface area contributed by atoms with Crippen molar-refractivity contribution in [3.05, 3.63) is 65.5 Å². The second-order valence-corrected chi connectivity index (χ2v) is 5.17. The smallest absolute Gasteiger partial charge is 0.256 e. The minimum atomic E-state index is -0.0176. The number of imidazole rings is 1. The summed E-state index contributed by atoms with van der Waals surface area (Å²) in [5.41, 5.74) is 3.38. The molecule has 0 saturated carbocycles. The van der Waals surface area contributed by atoms with Crippen LogP contribution in [0, 0.1) is 6.92 Å². The molecule has 1 amide bonds. The van der Waals surface area contributed by atoms with Crippen molar-refractivity contribution < 1.29 is 4.79 Å². The molecule has 0 saturated heterocycles. The van der Waals surface area contributed by atoms with Gasteiger partial charge in [-0.3, -0.25) is 4.79 Å². The van der Waals surface area contributed by atoms with Gasteiger partial charge in [-0.05, 0) is 24.6 Å². The largest absolute Gasteiger partial charge is 0.342 e. The summed E-state index contributed by atoms with van der Waals surface area (Å²) in [6.07, 6.45) is 0. The average molecular weight is 279 g/mol. The molecule has 0 atom stereocenters. The zero-order valence-corrected chi connectivity index (χ0v) is 12.1. The van der Waals surface area contributed by atoms with Crippen molar-refractivity contribution in [1.82, 2.24) is 14.9 Å². The highest BCUT2D eigenvalue weighted by Gasteiger charge is 2.16. The first-order valence-electron chi connectivity index (χ1n) is 6.90. The number of hydrogen-bond donors (Lipinski definition) is 1.